The van der Waals surface area contributed by atoms with Crippen LogP contribution in [0.1, 0.15) is 6.92 Å². The second kappa shape index (κ2) is 4.97. The molecule has 15 heavy (non-hydrogen) atoms. The van der Waals surface area contributed by atoms with E-state index in [0.717, 1.165) is 0 Å². The summed E-state index contributed by atoms with van der Waals surface area (Å²) in [7, 11) is 1.66. The Balaban J connectivity index is 2.54. The van der Waals surface area contributed by atoms with Crippen molar-refractivity contribution in [1.29, 1.82) is 5.41 Å². The minimum absolute atomic E-state index is 0.000825. The van der Waals surface area contributed by atoms with Crippen molar-refractivity contribution >= 4 is 11.9 Å². The summed E-state index contributed by atoms with van der Waals surface area (Å²) in [6.07, 6.45) is 0. The number of morpholine rings is 1. The first-order valence-corrected chi connectivity index (χ1v) is 4.97. The van der Waals surface area contributed by atoms with Crippen molar-refractivity contribution in [3.63, 3.8) is 0 Å². The lowest BCUT2D eigenvalue weighted by Gasteiger charge is -2.33. The topological polar surface area (TPSA) is 82.7 Å². The van der Waals surface area contributed by atoms with E-state index in [-0.39, 0.29) is 17.9 Å². The Morgan fingerprint density at radius 1 is 1.53 bits per heavy atom. The van der Waals surface area contributed by atoms with Gasteiger partial charge in [-0.05, 0) is 6.92 Å². The second-order valence-corrected chi connectivity index (χ2v) is 3.62. The Morgan fingerprint density at radius 2 is 2.07 bits per heavy atom. The molecule has 1 saturated heterocycles. The summed E-state index contributed by atoms with van der Waals surface area (Å²) in [6.45, 7) is 4.10. The zero-order valence-electron chi connectivity index (χ0n) is 9.19. The van der Waals surface area contributed by atoms with Crippen LogP contribution in [0.2, 0.25) is 0 Å². The molecule has 86 valence electrons. The van der Waals surface area contributed by atoms with Crippen LogP contribution >= 0.6 is 0 Å². The molecule has 6 heteroatoms. The van der Waals surface area contributed by atoms with Gasteiger partial charge in [-0.25, -0.2) is 4.79 Å². The minimum atomic E-state index is -0.361. The molecule has 1 aliphatic heterocycles. The molecule has 6 nitrogen and oxygen atoms in total. The van der Waals surface area contributed by atoms with E-state index in [0.29, 0.717) is 26.3 Å². The van der Waals surface area contributed by atoms with Gasteiger partial charge < -0.3 is 20.3 Å². The highest BCUT2D eigenvalue weighted by molar-refractivity contribution is 5.87. The molecule has 0 saturated carbocycles. The zero-order chi connectivity index (χ0) is 11.4. The van der Waals surface area contributed by atoms with Crippen LogP contribution in [-0.4, -0.2) is 61.1 Å². The number of carbonyl (C=O) groups excluding carboxylic acids is 1. The van der Waals surface area contributed by atoms with E-state index in [1.54, 1.807) is 18.9 Å². The summed E-state index contributed by atoms with van der Waals surface area (Å²) < 4.78 is 5.16. The maximum absolute atomic E-state index is 11.9. The van der Waals surface area contributed by atoms with Gasteiger partial charge in [0.05, 0.1) is 19.3 Å². The third-order valence-electron chi connectivity index (χ3n) is 2.61. The van der Waals surface area contributed by atoms with Crippen molar-refractivity contribution in [1.82, 2.24) is 9.80 Å². The van der Waals surface area contributed by atoms with E-state index < -0.39 is 0 Å². The highest BCUT2D eigenvalue weighted by Gasteiger charge is 2.24. The van der Waals surface area contributed by atoms with Crippen LogP contribution in [0.4, 0.5) is 4.79 Å². The van der Waals surface area contributed by atoms with Crippen molar-refractivity contribution in [2.45, 2.75) is 13.0 Å². The molecule has 0 spiro atoms. The Hall–Kier alpha value is -1.30. The predicted octanol–water partition coefficient (Wildman–Crippen LogP) is -0.305. The van der Waals surface area contributed by atoms with Gasteiger partial charge in [-0.3, -0.25) is 5.41 Å². The first kappa shape index (κ1) is 11.8. The van der Waals surface area contributed by atoms with Gasteiger partial charge in [0.2, 0.25) is 0 Å². The quantitative estimate of drug-likeness (QED) is 0.489. The van der Waals surface area contributed by atoms with Crippen molar-refractivity contribution in [2.24, 2.45) is 5.73 Å². The highest BCUT2D eigenvalue weighted by atomic mass is 16.5. The molecule has 2 amide bonds. The Kier molecular flexibility index (Phi) is 3.90. The number of carbonyl (C=O) groups is 1. The molecule has 1 heterocycles. The van der Waals surface area contributed by atoms with E-state index in [1.807, 2.05) is 0 Å². The number of hydrogen-bond acceptors (Lipinski definition) is 3. The van der Waals surface area contributed by atoms with E-state index >= 15 is 0 Å². The number of urea groups is 1. The van der Waals surface area contributed by atoms with Gasteiger partial charge in [-0.15, -0.1) is 0 Å². The molecule has 1 fully saturated rings. The number of ether oxygens (including phenoxy) is 1. The van der Waals surface area contributed by atoms with Crippen molar-refractivity contribution in [2.75, 3.05) is 33.4 Å². The average molecular weight is 214 g/mol. The molecule has 1 rings (SSSR count). The van der Waals surface area contributed by atoms with E-state index in [9.17, 15) is 4.79 Å². The van der Waals surface area contributed by atoms with E-state index in [1.165, 1.54) is 4.90 Å². The lowest BCUT2D eigenvalue weighted by Crippen LogP contribution is -2.52. The monoisotopic (exact) mass is 214 g/mol. The number of hydrogen-bond donors (Lipinski definition) is 2. The summed E-state index contributed by atoms with van der Waals surface area (Å²) >= 11 is 0. The molecule has 1 unspecified atom stereocenters. The standard InChI is InChI=1S/C9H18N4O2/c1-7(8(10)11)12(2)9(14)13-3-5-15-6-4-13/h7H,3-6H2,1-2H3,(H3,10,11). The Bertz CT molecular complexity index is 250. The van der Waals surface area contributed by atoms with Crippen LogP contribution in [0.25, 0.3) is 0 Å². The number of nitrogens with zero attached hydrogens (tertiary/aromatic N) is 2. The number of nitrogens with two attached hydrogens (primary N) is 1. The first-order valence-electron chi connectivity index (χ1n) is 4.97. The van der Waals surface area contributed by atoms with E-state index in [4.69, 9.17) is 15.9 Å². The van der Waals surface area contributed by atoms with Crippen LogP contribution in [0.15, 0.2) is 0 Å². The van der Waals surface area contributed by atoms with Gasteiger partial charge in [-0.1, -0.05) is 0 Å². The van der Waals surface area contributed by atoms with Crippen molar-refractivity contribution < 1.29 is 9.53 Å². The molecule has 0 radical (unpaired) electrons. The SMILES string of the molecule is CC(C(=N)N)N(C)C(=O)N1CCOCC1. The van der Waals surface area contributed by atoms with Gasteiger partial charge in [0.25, 0.3) is 0 Å². The smallest absolute Gasteiger partial charge is 0.320 e. The van der Waals surface area contributed by atoms with Gasteiger partial charge in [0, 0.05) is 20.1 Å². The number of amidine groups is 1. The van der Waals surface area contributed by atoms with Crippen LogP contribution in [0.3, 0.4) is 0 Å². The summed E-state index contributed by atoms with van der Waals surface area (Å²) in [5.74, 6) is -0.000825. The molecule has 0 bridgehead atoms. The first-order chi connectivity index (χ1) is 7.04. The predicted molar refractivity (Wildman–Crippen MR) is 56.9 cm³/mol. The Morgan fingerprint density at radius 3 is 2.53 bits per heavy atom. The lowest BCUT2D eigenvalue weighted by atomic mass is 10.3. The molecule has 0 aliphatic carbocycles. The van der Waals surface area contributed by atoms with Gasteiger partial charge >= 0.3 is 6.03 Å². The molecule has 1 aliphatic rings. The number of rotatable bonds is 2. The molecule has 0 aromatic heterocycles. The zero-order valence-corrected chi connectivity index (χ0v) is 9.19. The molecule has 0 aromatic carbocycles. The summed E-state index contributed by atoms with van der Waals surface area (Å²) in [6, 6.07) is -0.457. The molecule has 0 aromatic rings. The number of amides is 2. The second-order valence-electron chi connectivity index (χ2n) is 3.62. The number of likely N-dealkylation sites (N-methyl/N-ethyl adjacent to an activating group) is 1. The highest BCUT2D eigenvalue weighted by Crippen LogP contribution is 2.04. The van der Waals surface area contributed by atoms with Crippen LogP contribution in [0, 0.1) is 5.41 Å². The van der Waals surface area contributed by atoms with Gasteiger partial charge in [-0.2, -0.15) is 0 Å². The van der Waals surface area contributed by atoms with Crippen molar-refractivity contribution in [3.05, 3.63) is 0 Å². The Labute approximate surface area is 89.5 Å². The average Bonchev–Trinajstić information content (AvgIpc) is 2.27. The van der Waals surface area contributed by atoms with Crippen molar-refractivity contribution in [3.8, 4) is 0 Å². The van der Waals surface area contributed by atoms with Crippen LogP contribution < -0.4 is 5.73 Å². The van der Waals surface area contributed by atoms with Gasteiger partial charge in [0.15, 0.2) is 0 Å². The molecule has 3 N–H and O–H groups in total. The summed E-state index contributed by atoms with van der Waals surface area (Å²) in [5.41, 5.74) is 5.35. The summed E-state index contributed by atoms with van der Waals surface area (Å²) in [5, 5.41) is 7.28. The molecular formula is C9H18N4O2. The maximum atomic E-state index is 11.9. The minimum Gasteiger partial charge on any atom is -0.386 e. The largest absolute Gasteiger partial charge is 0.386 e. The normalized spacial score (nSPS) is 18.4. The molecule has 1 atom stereocenters. The fourth-order valence-electron chi connectivity index (χ4n) is 1.35. The van der Waals surface area contributed by atoms with Crippen LogP contribution in [0.5, 0.6) is 0 Å². The fourth-order valence-corrected chi connectivity index (χ4v) is 1.35. The fraction of sp³-hybridized carbons (Fsp3) is 0.778. The summed E-state index contributed by atoms with van der Waals surface area (Å²) in [4.78, 5) is 15.1. The van der Waals surface area contributed by atoms with Crippen LogP contribution in [-0.2, 0) is 4.74 Å². The lowest BCUT2D eigenvalue weighted by molar-refractivity contribution is 0.0444. The third kappa shape index (κ3) is 2.82. The van der Waals surface area contributed by atoms with Gasteiger partial charge in [0.1, 0.15) is 5.84 Å². The van der Waals surface area contributed by atoms with E-state index in [2.05, 4.69) is 0 Å². The third-order valence-corrected chi connectivity index (χ3v) is 2.61. The maximum Gasteiger partial charge on any atom is 0.320 e. The molecular weight excluding hydrogens is 196 g/mol. The number of nitrogens with one attached hydrogen (secondary N) is 1.